The molecule has 0 radical (unpaired) electrons. The molecule has 17 heavy (non-hydrogen) atoms. The van der Waals surface area contributed by atoms with Gasteiger partial charge >= 0.3 is 0 Å². The number of hydrogen-bond donors (Lipinski definition) is 1. The van der Waals surface area contributed by atoms with Crippen LogP contribution in [0.15, 0.2) is 22.7 Å². The highest BCUT2D eigenvalue weighted by Gasteiger charge is 2.40. The maximum Gasteiger partial charge on any atom is 0.120 e. The van der Waals surface area contributed by atoms with Gasteiger partial charge in [-0.15, -0.1) is 0 Å². The third kappa shape index (κ3) is 2.83. The number of nitrogens with one attached hydrogen (secondary N) is 1. The Hall–Kier alpha value is -0.540. The SMILES string of the molecule is CCNC(c1ccc(OC)cc1Br)C1CC1C. The molecule has 2 rings (SSSR count). The molecule has 0 saturated heterocycles. The second-order valence-electron chi connectivity index (χ2n) is 4.80. The van der Waals surface area contributed by atoms with E-state index in [1.54, 1.807) is 7.11 Å². The molecule has 1 saturated carbocycles. The van der Waals surface area contributed by atoms with E-state index in [2.05, 4.69) is 41.2 Å². The minimum absolute atomic E-state index is 0.468. The number of benzene rings is 1. The minimum atomic E-state index is 0.468. The van der Waals surface area contributed by atoms with Crippen LogP contribution in [0.1, 0.15) is 31.9 Å². The Morgan fingerprint density at radius 2 is 2.24 bits per heavy atom. The Balaban J connectivity index is 2.23. The van der Waals surface area contributed by atoms with Crippen molar-refractivity contribution in [2.45, 2.75) is 26.3 Å². The van der Waals surface area contributed by atoms with Crippen molar-refractivity contribution in [2.75, 3.05) is 13.7 Å². The van der Waals surface area contributed by atoms with Gasteiger partial charge in [-0.1, -0.05) is 35.8 Å². The molecule has 3 unspecified atom stereocenters. The first-order valence-electron chi connectivity index (χ1n) is 6.24. The fourth-order valence-corrected chi connectivity index (χ4v) is 3.02. The summed E-state index contributed by atoms with van der Waals surface area (Å²) in [6.45, 7) is 5.50. The van der Waals surface area contributed by atoms with Gasteiger partial charge in [-0.3, -0.25) is 0 Å². The van der Waals surface area contributed by atoms with Crippen LogP contribution in [0.5, 0.6) is 5.75 Å². The molecule has 1 aromatic carbocycles. The first-order chi connectivity index (χ1) is 8.17. The lowest BCUT2D eigenvalue weighted by atomic mass is 10.0. The third-order valence-electron chi connectivity index (χ3n) is 3.57. The zero-order chi connectivity index (χ0) is 12.4. The second kappa shape index (κ2) is 5.40. The highest BCUT2D eigenvalue weighted by atomic mass is 79.9. The maximum atomic E-state index is 5.24. The summed E-state index contributed by atoms with van der Waals surface area (Å²) in [5.74, 6) is 2.52. The van der Waals surface area contributed by atoms with E-state index in [0.29, 0.717) is 6.04 Å². The molecule has 0 bridgehead atoms. The highest BCUT2D eigenvalue weighted by Crippen LogP contribution is 2.48. The summed E-state index contributed by atoms with van der Waals surface area (Å²) in [4.78, 5) is 0. The van der Waals surface area contributed by atoms with Gasteiger partial charge < -0.3 is 10.1 Å². The molecule has 1 N–H and O–H groups in total. The molecule has 3 atom stereocenters. The summed E-state index contributed by atoms with van der Waals surface area (Å²) >= 11 is 3.65. The molecular weight excluding hydrogens is 278 g/mol. The third-order valence-corrected chi connectivity index (χ3v) is 4.25. The normalized spacial score (nSPS) is 24.5. The van der Waals surface area contributed by atoms with E-state index in [-0.39, 0.29) is 0 Å². The summed E-state index contributed by atoms with van der Waals surface area (Å²) in [6.07, 6.45) is 1.33. The molecule has 2 nitrogen and oxygen atoms in total. The highest BCUT2D eigenvalue weighted by molar-refractivity contribution is 9.10. The standard InChI is InChI=1S/C14H20BrNO/c1-4-16-14(12-7-9(12)2)11-6-5-10(17-3)8-13(11)15/h5-6,8-9,12,14,16H,4,7H2,1-3H3. The molecule has 0 aliphatic heterocycles. The summed E-state index contributed by atoms with van der Waals surface area (Å²) in [6, 6.07) is 6.72. The zero-order valence-corrected chi connectivity index (χ0v) is 12.3. The first-order valence-corrected chi connectivity index (χ1v) is 7.03. The molecule has 1 aromatic rings. The molecule has 1 aliphatic rings. The van der Waals surface area contributed by atoms with Crippen LogP contribution in [-0.4, -0.2) is 13.7 Å². The number of rotatable bonds is 5. The average Bonchev–Trinajstić information content (AvgIpc) is 3.03. The van der Waals surface area contributed by atoms with E-state index in [4.69, 9.17) is 4.74 Å². The molecule has 3 heteroatoms. The lowest BCUT2D eigenvalue weighted by molar-refractivity contribution is 0.413. The predicted octanol–water partition coefficient (Wildman–Crippen LogP) is 3.76. The van der Waals surface area contributed by atoms with Crippen LogP contribution in [0.2, 0.25) is 0 Å². The Morgan fingerprint density at radius 3 is 2.71 bits per heavy atom. The average molecular weight is 298 g/mol. The van der Waals surface area contributed by atoms with Gasteiger partial charge in [0.05, 0.1) is 7.11 Å². The van der Waals surface area contributed by atoms with Crippen molar-refractivity contribution < 1.29 is 4.74 Å². The Labute approximate surface area is 112 Å². The van der Waals surface area contributed by atoms with Crippen LogP contribution in [0.4, 0.5) is 0 Å². The molecule has 0 heterocycles. The van der Waals surface area contributed by atoms with Gasteiger partial charge in [0.2, 0.25) is 0 Å². The van der Waals surface area contributed by atoms with Crippen molar-refractivity contribution >= 4 is 15.9 Å². The number of halogens is 1. The van der Waals surface area contributed by atoms with Crippen molar-refractivity contribution in [3.63, 3.8) is 0 Å². The van der Waals surface area contributed by atoms with Crippen LogP contribution in [0.25, 0.3) is 0 Å². The van der Waals surface area contributed by atoms with Gasteiger partial charge in [0.15, 0.2) is 0 Å². The van der Waals surface area contributed by atoms with Gasteiger partial charge in [0, 0.05) is 10.5 Å². The van der Waals surface area contributed by atoms with Crippen molar-refractivity contribution in [1.29, 1.82) is 0 Å². The van der Waals surface area contributed by atoms with E-state index < -0.39 is 0 Å². The lowest BCUT2D eigenvalue weighted by Gasteiger charge is -2.20. The lowest BCUT2D eigenvalue weighted by Crippen LogP contribution is -2.23. The Kier molecular flexibility index (Phi) is 4.10. The van der Waals surface area contributed by atoms with Crippen molar-refractivity contribution in [3.8, 4) is 5.75 Å². The van der Waals surface area contributed by atoms with E-state index in [9.17, 15) is 0 Å². The van der Waals surface area contributed by atoms with Gasteiger partial charge in [-0.05, 0) is 42.5 Å². The van der Waals surface area contributed by atoms with Gasteiger partial charge in [0.1, 0.15) is 5.75 Å². The quantitative estimate of drug-likeness (QED) is 0.893. The summed E-state index contributed by atoms with van der Waals surface area (Å²) in [5, 5.41) is 3.60. The van der Waals surface area contributed by atoms with Crippen molar-refractivity contribution in [1.82, 2.24) is 5.32 Å². The summed E-state index contributed by atoms with van der Waals surface area (Å²) < 4.78 is 6.38. The Bertz CT molecular complexity index is 394. The fraction of sp³-hybridized carbons (Fsp3) is 0.571. The predicted molar refractivity (Wildman–Crippen MR) is 74.4 cm³/mol. The van der Waals surface area contributed by atoms with Crippen LogP contribution >= 0.6 is 15.9 Å². The number of ether oxygens (including phenoxy) is 1. The Morgan fingerprint density at radius 1 is 1.53 bits per heavy atom. The molecule has 0 amide bonds. The zero-order valence-electron chi connectivity index (χ0n) is 10.7. The summed E-state index contributed by atoms with van der Waals surface area (Å²) in [5.41, 5.74) is 1.35. The smallest absolute Gasteiger partial charge is 0.120 e. The molecule has 0 aromatic heterocycles. The molecule has 94 valence electrons. The number of methoxy groups -OCH3 is 1. The topological polar surface area (TPSA) is 21.3 Å². The summed E-state index contributed by atoms with van der Waals surface area (Å²) in [7, 11) is 1.70. The maximum absolute atomic E-state index is 5.24. The number of hydrogen-bond acceptors (Lipinski definition) is 2. The molecule has 1 fully saturated rings. The van der Waals surface area contributed by atoms with E-state index in [1.807, 2.05) is 12.1 Å². The molecule has 0 spiro atoms. The second-order valence-corrected chi connectivity index (χ2v) is 5.65. The molecule has 1 aliphatic carbocycles. The monoisotopic (exact) mass is 297 g/mol. The van der Waals surface area contributed by atoms with E-state index >= 15 is 0 Å². The van der Waals surface area contributed by atoms with Crippen LogP contribution in [0.3, 0.4) is 0 Å². The van der Waals surface area contributed by atoms with E-state index in [1.165, 1.54) is 12.0 Å². The first kappa shape index (κ1) is 12.9. The van der Waals surface area contributed by atoms with Gasteiger partial charge in [-0.2, -0.15) is 0 Å². The van der Waals surface area contributed by atoms with Crippen molar-refractivity contribution in [3.05, 3.63) is 28.2 Å². The van der Waals surface area contributed by atoms with E-state index in [0.717, 1.165) is 28.6 Å². The minimum Gasteiger partial charge on any atom is -0.497 e. The molecular formula is C14H20BrNO. The van der Waals surface area contributed by atoms with Gasteiger partial charge in [0.25, 0.3) is 0 Å². The van der Waals surface area contributed by atoms with Crippen LogP contribution in [0, 0.1) is 11.8 Å². The largest absolute Gasteiger partial charge is 0.497 e. The van der Waals surface area contributed by atoms with Crippen LogP contribution < -0.4 is 10.1 Å². The van der Waals surface area contributed by atoms with Crippen LogP contribution in [-0.2, 0) is 0 Å². The fourth-order valence-electron chi connectivity index (χ4n) is 2.41. The van der Waals surface area contributed by atoms with Crippen molar-refractivity contribution in [2.24, 2.45) is 11.8 Å². The van der Waals surface area contributed by atoms with Gasteiger partial charge in [-0.25, -0.2) is 0 Å².